The monoisotopic (exact) mass is 396 g/mol. The van der Waals surface area contributed by atoms with Crippen LogP contribution in [0, 0.1) is 24.2 Å². The lowest BCUT2D eigenvalue weighted by Gasteiger charge is -2.60. The molecule has 4 aliphatic carbocycles. The van der Waals surface area contributed by atoms with Gasteiger partial charge in [-0.25, -0.2) is 4.98 Å². The zero-order valence-corrected chi connectivity index (χ0v) is 16.4. The zero-order chi connectivity index (χ0) is 16.2. The van der Waals surface area contributed by atoms with Crippen molar-refractivity contribution in [2.45, 2.75) is 62.7 Å². The molecule has 0 aromatic carbocycles. The Labute approximate surface area is 151 Å². The Hall–Kier alpha value is -0.420. The molecule has 0 N–H and O–H groups in total. The second-order valence-corrected chi connectivity index (χ2v) is 11.1. The van der Waals surface area contributed by atoms with Crippen LogP contribution in [-0.2, 0) is 11.3 Å². The number of aromatic nitrogens is 1. The van der Waals surface area contributed by atoms with Crippen molar-refractivity contribution in [2.75, 3.05) is 7.05 Å². The van der Waals surface area contributed by atoms with Crippen LogP contribution in [0.15, 0.2) is 5.38 Å². The molecule has 4 saturated carbocycles. The molecule has 4 fully saturated rings. The van der Waals surface area contributed by atoms with Gasteiger partial charge in [0.2, 0.25) is 5.91 Å². The SMILES string of the molecule is Cc1nc(CN(C)C(=O)CC23CC4CC(CC(Br)(C4)C2)C3)cs1. The largest absolute Gasteiger partial charge is 0.340 e. The van der Waals surface area contributed by atoms with Gasteiger partial charge in [0.1, 0.15) is 0 Å². The van der Waals surface area contributed by atoms with Gasteiger partial charge >= 0.3 is 0 Å². The van der Waals surface area contributed by atoms with Crippen molar-refractivity contribution in [3.8, 4) is 0 Å². The van der Waals surface area contributed by atoms with Crippen LogP contribution in [0.1, 0.15) is 55.6 Å². The first-order valence-electron chi connectivity index (χ1n) is 8.69. The van der Waals surface area contributed by atoms with Gasteiger partial charge in [0.25, 0.3) is 0 Å². The topological polar surface area (TPSA) is 33.2 Å². The molecule has 0 aliphatic heterocycles. The van der Waals surface area contributed by atoms with Gasteiger partial charge in [0.15, 0.2) is 0 Å². The Kier molecular flexibility index (Phi) is 3.88. The first-order valence-corrected chi connectivity index (χ1v) is 10.4. The van der Waals surface area contributed by atoms with Crippen molar-refractivity contribution < 1.29 is 4.79 Å². The highest BCUT2D eigenvalue weighted by molar-refractivity contribution is 9.10. The molecule has 23 heavy (non-hydrogen) atoms. The number of hydrogen-bond donors (Lipinski definition) is 0. The number of carbonyl (C=O) groups excluding carboxylic acids is 1. The Morgan fingerprint density at radius 1 is 1.39 bits per heavy atom. The number of rotatable bonds is 4. The van der Waals surface area contributed by atoms with Crippen molar-refractivity contribution in [1.29, 1.82) is 0 Å². The number of carbonyl (C=O) groups is 1. The van der Waals surface area contributed by atoms with E-state index in [0.717, 1.165) is 29.0 Å². The molecule has 4 aliphatic rings. The number of alkyl halides is 1. The highest BCUT2D eigenvalue weighted by atomic mass is 79.9. The number of aryl methyl sites for hydroxylation is 1. The highest BCUT2D eigenvalue weighted by Crippen LogP contribution is 2.65. The maximum atomic E-state index is 12.8. The second-order valence-electron chi connectivity index (χ2n) is 8.40. The van der Waals surface area contributed by atoms with E-state index in [2.05, 4.69) is 26.3 Å². The Morgan fingerprint density at radius 3 is 2.65 bits per heavy atom. The summed E-state index contributed by atoms with van der Waals surface area (Å²) in [5, 5.41) is 3.14. The van der Waals surface area contributed by atoms with Gasteiger partial charge in [0, 0.05) is 23.2 Å². The molecule has 2 unspecified atom stereocenters. The van der Waals surface area contributed by atoms with Crippen molar-refractivity contribution in [2.24, 2.45) is 17.3 Å². The molecule has 0 spiro atoms. The number of thiazole rings is 1. The minimum Gasteiger partial charge on any atom is -0.340 e. The Bertz CT molecular complexity index is 614. The van der Waals surface area contributed by atoms with Crippen LogP contribution in [-0.4, -0.2) is 27.2 Å². The predicted octanol–water partition coefficient (Wildman–Crippen LogP) is 4.53. The number of amides is 1. The molecule has 4 bridgehead atoms. The average molecular weight is 397 g/mol. The van der Waals surface area contributed by atoms with E-state index in [0.29, 0.717) is 16.8 Å². The van der Waals surface area contributed by atoms with E-state index in [1.165, 1.54) is 38.5 Å². The molecule has 2 atom stereocenters. The van der Waals surface area contributed by atoms with E-state index in [9.17, 15) is 4.79 Å². The smallest absolute Gasteiger partial charge is 0.223 e. The molecular formula is C18H25BrN2OS. The van der Waals surface area contributed by atoms with E-state index < -0.39 is 0 Å². The quantitative estimate of drug-likeness (QED) is 0.700. The van der Waals surface area contributed by atoms with Crippen LogP contribution in [0.25, 0.3) is 0 Å². The van der Waals surface area contributed by atoms with E-state index in [-0.39, 0.29) is 5.41 Å². The van der Waals surface area contributed by atoms with Gasteiger partial charge in [-0.1, -0.05) is 15.9 Å². The summed E-state index contributed by atoms with van der Waals surface area (Å²) >= 11 is 5.70. The minimum atomic E-state index is 0.261. The van der Waals surface area contributed by atoms with Crippen LogP contribution < -0.4 is 0 Å². The Balaban J connectivity index is 1.44. The molecule has 3 nitrogen and oxygen atoms in total. The van der Waals surface area contributed by atoms with Crippen LogP contribution in [0.3, 0.4) is 0 Å². The summed E-state index contributed by atoms with van der Waals surface area (Å²) in [6.07, 6.45) is 8.52. The second kappa shape index (κ2) is 5.55. The molecule has 0 radical (unpaired) electrons. The van der Waals surface area contributed by atoms with Crippen LogP contribution in [0.4, 0.5) is 0 Å². The molecule has 1 aromatic rings. The van der Waals surface area contributed by atoms with Crippen molar-refractivity contribution in [3.63, 3.8) is 0 Å². The lowest BCUT2D eigenvalue weighted by molar-refractivity contribution is -0.137. The van der Waals surface area contributed by atoms with Crippen LogP contribution in [0.5, 0.6) is 0 Å². The number of halogens is 1. The first-order chi connectivity index (χ1) is 10.8. The number of nitrogens with zero attached hydrogens (tertiary/aromatic N) is 2. The van der Waals surface area contributed by atoms with E-state index >= 15 is 0 Å². The van der Waals surface area contributed by atoms with Crippen LogP contribution in [0.2, 0.25) is 0 Å². The Morgan fingerprint density at radius 2 is 2.09 bits per heavy atom. The maximum Gasteiger partial charge on any atom is 0.223 e. The average Bonchev–Trinajstić information content (AvgIpc) is 2.80. The third kappa shape index (κ3) is 3.11. The highest BCUT2D eigenvalue weighted by Gasteiger charge is 2.57. The van der Waals surface area contributed by atoms with E-state index in [1.807, 2.05) is 18.9 Å². The fourth-order valence-electron chi connectivity index (χ4n) is 5.81. The van der Waals surface area contributed by atoms with Gasteiger partial charge in [-0.15, -0.1) is 11.3 Å². The van der Waals surface area contributed by atoms with E-state index in [4.69, 9.17) is 0 Å². The minimum absolute atomic E-state index is 0.261. The lowest BCUT2D eigenvalue weighted by Crippen LogP contribution is -2.54. The standard InChI is InChI=1S/C18H25BrN2OS/c1-12-20-15(10-23-12)9-21(2)16(22)8-17-4-13-3-14(5-17)7-18(19,6-13)11-17/h10,13-14H,3-9,11H2,1-2H3. The summed E-state index contributed by atoms with van der Waals surface area (Å²) in [4.78, 5) is 19.2. The van der Waals surface area contributed by atoms with Crippen LogP contribution >= 0.6 is 27.3 Å². The van der Waals surface area contributed by atoms with Gasteiger partial charge < -0.3 is 4.90 Å². The molecule has 5 rings (SSSR count). The van der Waals surface area contributed by atoms with Crippen molar-refractivity contribution in [1.82, 2.24) is 9.88 Å². The first kappa shape index (κ1) is 16.1. The van der Waals surface area contributed by atoms with E-state index in [1.54, 1.807) is 11.3 Å². The summed E-state index contributed by atoms with van der Waals surface area (Å²) in [5.74, 6) is 1.98. The summed E-state index contributed by atoms with van der Waals surface area (Å²) < 4.78 is 0.335. The summed E-state index contributed by atoms with van der Waals surface area (Å²) in [6, 6.07) is 0. The maximum absolute atomic E-state index is 12.8. The molecular weight excluding hydrogens is 372 g/mol. The van der Waals surface area contributed by atoms with Gasteiger partial charge in [-0.05, 0) is 62.7 Å². The summed E-state index contributed by atoms with van der Waals surface area (Å²) in [7, 11) is 1.93. The fourth-order valence-corrected chi connectivity index (χ4v) is 7.92. The van der Waals surface area contributed by atoms with Gasteiger partial charge in [-0.2, -0.15) is 0 Å². The predicted molar refractivity (Wildman–Crippen MR) is 96.7 cm³/mol. The third-order valence-corrected chi connectivity index (χ3v) is 7.88. The summed E-state index contributed by atoms with van der Waals surface area (Å²) in [6.45, 7) is 2.66. The number of hydrogen-bond acceptors (Lipinski definition) is 3. The molecule has 1 amide bonds. The molecule has 1 heterocycles. The lowest BCUT2D eigenvalue weighted by atomic mass is 9.48. The van der Waals surface area contributed by atoms with Gasteiger partial charge in [0.05, 0.1) is 17.2 Å². The van der Waals surface area contributed by atoms with Crippen molar-refractivity contribution >= 4 is 33.2 Å². The summed E-state index contributed by atoms with van der Waals surface area (Å²) in [5.41, 5.74) is 1.28. The third-order valence-electron chi connectivity index (χ3n) is 6.13. The molecule has 1 aromatic heterocycles. The normalized spacial score (nSPS) is 38.0. The molecule has 5 heteroatoms. The zero-order valence-electron chi connectivity index (χ0n) is 14.0. The van der Waals surface area contributed by atoms with Gasteiger partial charge in [-0.3, -0.25) is 4.79 Å². The fraction of sp³-hybridized carbons (Fsp3) is 0.778. The molecule has 0 saturated heterocycles. The van der Waals surface area contributed by atoms with Crippen molar-refractivity contribution in [3.05, 3.63) is 16.1 Å². The molecule has 126 valence electrons.